The monoisotopic (exact) mass is 185 g/mol. The van der Waals surface area contributed by atoms with Gasteiger partial charge in [-0.15, -0.1) is 0 Å². The van der Waals surface area contributed by atoms with Gasteiger partial charge in [0.05, 0.1) is 0 Å². The van der Waals surface area contributed by atoms with Gasteiger partial charge in [-0.05, 0) is 12.8 Å². The van der Waals surface area contributed by atoms with Crippen LogP contribution in [0.4, 0.5) is 0 Å². The molecular formula is C9H15NO3. The molecule has 0 aliphatic heterocycles. The third-order valence-corrected chi connectivity index (χ3v) is 2.73. The van der Waals surface area contributed by atoms with Gasteiger partial charge in [0.25, 0.3) is 0 Å². The molecule has 0 amide bonds. The fourth-order valence-corrected chi connectivity index (χ4v) is 1.97. The average molecular weight is 185 g/mol. The van der Waals surface area contributed by atoms with E-state index in [-0.39, 0.29) is 29.1 Å². The van der Waals surface area contributed by atoms with E-state index in [1.165, 1.54) is 0 Å². The SMILES string of the molecule is C[C@H](C[N+](=O)[O-])[C@@H]1CCCCC1=O. The molecular weight excluding hydrogens is 170 g/mol. The van der Waals surface area contributed by atoms with Gasteiger partial charge in [-0.2, -0.15) is 0 Å². The molecule has 2 atom stereocenters. The zero-order valence-corrected chi connectivity index (χ0v) is 7.86. The van der Waals surface area contributed by atoms with Crippen LogP contribution < -0.4 is 0 Å². The van der Waals surface area contributed by atoms with E-state index in [2.05, 4.69) is 0 Å². The second kappa shape index (κ2) is 4.35. The van der Waals surface area contributed by atoms with E-state index in [4.69, 9.17) is 0 Å². The summed E-state index contributed by atoms with van der Waals surface area (Å²) in [6.07, 6.45) is 3.46. The summed E-state index contributed by atoms with van der Waals surface area (Å²) in [6, 6.07) is 0. The molecule has 0 unspecified atom stereocenters. The van der Waals surface area contributed by atoms with Gasteiger partial charge in [0.1, 0.15) is 5.78 Å². The van der Waals surface area contributed by atoms with E-state index in [0.29, 0.717) is 6.42 Å². The maximum Gasteiger partial charge on any atom is 0.207 e. The molecule has 0 N–H and O–H groups in total. The molecule has 0 aromatic rings. The van der Waals surface area contributed by atoms with Crippen LogP contribution in [0.15, 0.2) is 0 Å². The van der Waals surface area contributed by atoms with Crippen LogP contribution >= 0.6 is 0 Å². The highest BCUT2D eigenvalue weighted by Gasteiger charge is 2.29. The van der Waals surface area contributed by atoms with Crippen molar-refractivity contribution in [3.05, 3.63) is 10.1 Å². The molecule has 0 aromatic carbocycles. The molecule has 1 aliphatic carbocycles. The highest BCUT2D eigenvalue weighted by Crippen LogP contribution is 2.26. The second-order valence-corrected chi connectivity index (χ2v) is 3.81. The quantitative estimate of drug-likeness (QED) is 0.496. The van der Waals surface area contributed by atoms with Gasteiger partial charge in [-0.1, -0.05) is 13.3 Å². The van der Waals surface area contributed by atoms with Crippen LogP contribution in [-0.2, 0) is 4.79 Å². The van der Waals surface area contributed by atoms with E-state index < -0.39 is 0 Å². The van der Waals surface area contributed by atoms with Crippen molar-refractivity contribution in [2.75, 3.05) is 6.54 Å². The lowest BCUT2D eigenvalue weighted by Crippen LogP contribution is -2.29. The number of carbonyl (C=O) groups excluding carboxylic acids is 1. The predicted molar refractivity (Wildman–Crippen MR) is 48.0 cm³/mol. The molecule has 1 fully saturated rings. The van der Waals surface area contributed by atoms with Crippen molar-refractivity contribution in [1.82, 2.24) is 0 Å². The first-order valence-corrected chi connectivity index (χ1v) is 4.75. The van der Waals surface area contributed by atoms with Crippen LogP contribution in [0.2, 0.25) is 0 Å². The van der Waals surface area contributed by atoms with Crippen LogP contribution in [0.3, 0.4) is 0 Å². The number of hydrogen-bond acceptors (Lipinski definition) is 3. The van der Waals surface area contributed by atoms with Crippen molar-refractivity contribution in [3.63, 3.8) is 0 Å². The Morgan fingerprint density at radius 3 is 2.85 bits per heavy atom. The molecule has 0 bridgehead atoms. The maximum absolute atomic E-state index is 11.4. The average Bonchev–Trinajstić information content (AvgIpc) is 2.03. The summed E-state index contributed by atoms with van der Waals surface area (Å²) in [5.74, 6) is 0.0718. The lowest BCUT2D eigenvalue weighted by Gasteiger charge is -2.23. The standard InChI is InChI=1S/C9H15NO3/c1-7(6-10(12)13)8-4-2-3-5-9(8)11/h7-8H,2-6H2,1H3/t7-,8+/m1/s1. The minimum Gasteiger partial charge on any atom is -0.299 e. The van der Waals surface area contributed by atoms with Gasteiger partial charge in [-0.3, -0.25) is 14.9 Å². The Bertz CT molecular complexity index is 215. The Hall–Kier alpha value is -0.930. The highest BCUT2D eigenvalue weighted by molar-refractivity contribution is 5.81. The number of hydrogen-bond donors (Lipinski definition) is 0. The van der Waals surface area contributed by atoms with Crippen molar-refractivity contribution >= 4 is 5.78 Å². The summed E-state index contributed by atoms with van der Waals surface area (Å²) in [7, 11) is 0. The molecule has 13 heavy (non-hydrogen) atoms. The summed E-state index contributed by atoms with van der Waals surface area (Å²) in [5.41, 5.74) is 0. The molecule has 0 saturated heterocycles. The zero-order valence-electron chi connectivity index (χ0n) is 7.86. The Balaban J connectivity index is 2.48. The fraction of sp³-hybridized carbons (Fsp3) is 0.889. The normalized spacial score (nSPS) is 25.6. The molecule has 1 rings (SSSR count). The third-order valence-electron chi connectivity index (χ3n) is 2.73. The summed E-state index contributed by atoms with van der Waals surface area (Å²) in [6.45, 7) is 1.73. The van der Waals surface area contributed by atoms with Gasteiger partial charge in [-0.25, -0.2) is 0 Å². The number of carbonyl (C=O) groups is 1. The summed E-state index contributed by atoms with van der Waals surface area (Å²) < 4.78 is 0. The molecule has 1 saturated carbocycles. The topological polar surface area (TPSA) is 60.2 Å². The smallest absolute Gasteiger partial charge is 0.207 e. The first-order chi connectivity index (χ1) is 6.11. The van der Waals surface area contributed by atoms with E-state index in [1.807, 2.05) is 0 Å². The Morgan fingerprint density at radius 2 is 2.31 bits per heavy atom. The maximum atomic E-state index is 11.4. The lowest BCUT2D eigenvalue weighted by molar-refractivity contribution is -0.488. The summed E-state index contributed by atoms with van der Waals surface area (Å²) in [5, 5.41) is 10.3. The minimum absolute atomic E-state index is 0.0563. The number of Topliss-reactive ketones (excluding diaryl/α,β-unsaturated/α-hetero) is 1. The zero-order chi connectivity index (χ0) is 9.84. The Labute approximate surface area is 77.5 Å². The molecule has 0 spiro atoms. The van der Waals surface area contributed by atoms with Gasteiger partial charge in [0.2, 0.25) is 6.54 Å². The number of ketones is 1. The van der Waals surface area contributed by atoms with Crippen molar-refractivity contribution in [3.8, 4) is 0 Å². The van der Waals surface area contributed by atoms with E-state index in [1.54, 1.807) is 6.92 Å². The first-order valence-electron chi connectivity index (χ1n) is 4.75. The second-order valence-electron chi connectivity index (χ2n) is 3.81. The lowest BCUT2D eigenvalue weighted by atomic mass is 9.80. The third kappa shape index (κ3) is 2.79. The van der Waals surface area contributed by atoms with E-state index in [9.17, 15) is 14.9 Å². The van der Waals surface area contributed by atoms with Crippen LogP contribution in [0.1, 0.15) is 32.6 Å². The molecule has 4 heteroatoms. The van der Waals surface area contributed by atoms with Crippen molar-refractivity contribution in [2.45, 2.75) is 32.6 Å². The largest absolute Gasteiger partial charge is 0.299 e. The number of rotatable bonds is 3. The Morgan fingerprint density at radius 1 is 1.62 bits per heavy atom. The Kier molecular flexibility index (Phi) is 3.39. The molecule has 74 valence electrons. The van der Waals surface area contributed by atoms with Crippen molar-refractivity contribution in [2.24, 2.45) is 11.8 Å². The minimum atomic E-state index is -0.327. The summed E-state index contributed by atoms with van der Waals surface area (Å²) >= 11 is 0. The van der Waals surface area contributed by atoms with Crippen LogP contribution in [-0.4, -0.2) is 17.3 Å². The van der Waals surface area contributed by atoms with Crippen LogP contribution in [0.25, 0.3) is 0 Å². The van der Waals surface area contributed by atoms with Gasteiger partial charge >= 0.3 is 0 Å². The number of nitrogens with zero attached hydrogens (tertiary/aromatic N) is 1. The summed E-state index contributed by atoms with van der Waals surface area (Å²) in [4.78, 5) is 21.3. The molecule has 0 aromatic heterocycles. The van der Waals surface area contributed by atoms with Gasteiger partial charge < -0.3 is 0 Å². The molecule has 1 aliphatic rings. The van der Waals surface area contributed by atoms with Gasteiger partial charge in [0, 0.05) is 23.2 Å². The molecule has 0 heterocycles. The highest BCUT2D eigenvalue weighted by atomic mass is 16.6. The van der Waals surface area contributed by atoms with Gasteiger partial charge in [0.15, 0.2) is 0 Å². The fourth-order valence-electron chi connectivity index (χ4n) is 1.97. The van der Waals surface area contributed by atoms with Crippen LogP contribution in [0, 0.1) is 22.0 Å². The molecule has 0 radical (unpaired) electrons. The van der Waals surface area contributed by atoms with E-state index in [0.717, 1.165) is 19.3 Å². The first kappa shape index (κ1) is 10.2. The van der Waals surface area contributed by atoms with Crippen molar-refractivity contribution < 1.29 is 9.72 Å². The predicted octanol–water partition coefficient (Wildman–Crippen LogP) is 1.66. The molecule has 4 nitrogen and oxygen atoms in total. The van der Waals surface area contributed by atoms with Crippen LogP contribution in [0.5, 0.6) is 0 Å². The van der Waals surface area contributed by atoms with E-state index >= 15 is 0 Å². The van der Waals surface area contributed by atoms with Crippen molar-refractivity contribution in [1.29, 1.82) is 0 Å². The number of nitro groups is 1.